The first-order valence-electron chi connectivity index (χ1n) is 6.69. The number of hydrogen-bond donors (Lipinski definition) is 2. The van der Waals surface area contributed by atoms with Crippen LogP contribution in [-0.4, -0.2) is 28.6 Å². The minimum Gasteiger partial charge on any atom is -0.393 e. The van der Waals surface area contributed by atoms with Crippen molar-refractivity contribution in [3.8, 4) is 0 Å². The molecule has 5 heteroatoms. The van der Waals surface area contributed by atoms with Crippen molar-refractivity contribution < 1.29 is 14.3 Å². The van der Waals surface area contributed by atoms with Gasteiger partial charge in [-0.3, -0.25) is 9.78 Å². The zero-order valence-electron chi connectivity index (χ0n) is 10.8. The molecule has 0 saturated heterocycles. The van der Waals surface area contributed by atoms with E-state index < -0.39 is 0 Å². The van der Waals surface area contributed by atoms with Crippen molar-refractivity contribution in [2.24, 2.45) is 5.92 Å². The number of carbonyl (C=O) groups excluding carboxylic acids is 1. The Morgan fingerprint density at radius 2 is 2.32 bits per heavy atom. The molecule has 1 aliphatic carbocycles. The van der Waals surface area contributed by atoms with Crippen molar-refractivity contribution in [2.75, 3.05) is 6.54 Å². The summed E-state index contributed by atoms with van der Waals surface area (Å²) < 4.78 is 12.9. The Bertz CT molecular complexity index is 439. The van der Waals surface area contributed by atoms with Crippen LogP contribution in [0.1, 0.15) is 31.2 Å². The number of nitrogens with zero attached hydrogens (tertiary/aromatic N) is 1. The summed E-state index contributed by atoms with van der Waals surface area (Å²) in [6, 6.07) is 1.39. The van der Waals surface area contributed by atoms with E-state index in [0.29, 0.717) is 19.4 Å². The molecule has 2 N–H and O–H groups in total. The predicted octanol–water partition coefficient (Wildman–Crippen LogP) is 1.43. The fourth-order valence-electron chi connectivity index (χ4n) is 2.44. The van der Waals surface area contributed by atoms with E-state index in [-0.39, 0.29) is 23.7 Å². The van der Waals surface area contributed by atoms with Crippen LogP contribution in [0.25, 0.3) is 0 Å². The molecule has 1 aromatic heterocycles. The first-order valence-corrected chi connectivity index (χ1v) is 6.69. The lowest BCUT2D eigenvalue weighted by Crippen LogP contribution is -2.32. The van der Waals surface area contributed by atoms with Crippen molar-refractivity contribution in [2.45, 2.75) is 38.2 Å². The number of aliphatic hydroxyl groups excluding tert-OH is 1. The second-order valence-electron chi connectivity index (χ2n) is 5.07. The summed E-state index contributed by atoms with van der Waals surface area (Å²) >= 11 is 0. The van der Waals surface area contributed by atoms with Gasteiger partial charge in [-0.2, -0.15) is 0 Å². The molecule has 104 valence electrons. The van der Waals surface area contributed by atoms with Crippen LogP contribution in [-0.2, 0) is 11.2 Å². The van der Waals surface area contributed by atoms with Gasteiger partial charge in [0.05, 0.1) is 12.3 Å². The number of halogens is 1. The van der Waals surface area contributed by atoms with Gasteiger partial charge in [-0.05, 0) is 30.9 Å². The van der Waals surface area contributed by atoms with Crippen LogP contribution in [0.2, 0.25) is 0 Å². The Hall–Kier alpha value is -1.49. The van der Waals surface area contributed by atoms with Crippen molar-refractivity contribution in [3.05, 3.63) is 29.8 Å². The lowest BCUT2D eigenvalue weighted by molar-refractivity contribution is -0.121. The summed E-state index contributed by atoms with van der Waals surface area (Å²) in [7, 11) is 0. The molecule has 0 spiro atoms. The van der Waals surface area contributed by atoms with E-state index in [9.17, 15) is 14.3 Å². The summed E-state index contributed by atoms with van der Waals surface area (Å²) in [5.74, 6) is -0.268. The average Bonchev–Trinajstić information content (AvgIpc) is 2.80. The Kier molecular flexibility index (Phi) is 4.85. The SMILES string of the molecule is O=C(CCc1cncc(F)c1)NCC1CCCC1O. The summed E-state index contributed by atoms with van der Waals surface area (Å²) in [4.78, 5) is 15.4. The molecule has 2 unspecified atom stereocenters. The van der Waals surface area contributed by atoms with Crippen molar-refractivity contribution in [1.82, 2.24) is 10.3 Å². The Labute approximate surface area is 112 Å². The molecule has 1 aliphatic rings. The summed E-state index contributed by atoms with van der Waals surface area (Å²) in [6.07, 6.45) is 6.04. The third-order valence-corrected chi connectivity index (χ3v) is 3.58. The van der Waals surface area contributed by atoms with Crippen LogP contribution in [0.3, 0.4) is 0 Å². The van der Waals surface area contributed by atoms with Crippen molar-refractivity contribution >= 4 is 5.91 Å². The molecule has 0 aromatic carbocycles. The second kappa shape index (κ2) is 6.61. The van der Waals surface area contributed by atoms with E-state index >= 15 is 0 Å². The third-order valence-electron chi connectivity index (χ3n) is 3.58. The van der Waals surface area contributed by atoms with Gasteiger partial charge < -0.3 is 10.4 Å². The van der Waals surface area contributed by atoms with Gasteiger partial charge in [0, 0.05) is 25.1 Å². The largest absolute Gasteiger partial charge is 0.393 e. The summed E-state index contributed by atoms with van der Waals surface area (Å²) in [5, 5.41) is 12.5. The number of aliphatic hydroxyl groups is 1. The number of pyridine rings is 1. The number of amides is 1. The van der Waals surface area contributed by atoms with Gasteiger partial charge in [0.15, 0.2) is 0 Å². The lowest BCUT2D eigenvalue weighted by atomic mass is 10.1. The fourth-order valence-corrected chi connectivity index (χ4v) is 2.44. The van der Waals surface area contributed by atoms with Gasteiger partial charge in [0.25, 0.3) is 0 Å². The third kappa shape index (κ3) is 4.28. The smallest absolute Gasteiger partial charge is 0.220 e. The Balaban J connectivity index is 1.70. The summed E-state index contributed by atoms with van der Waals surface area (Å²) in [5.41, 5.74) is 0.719. The molecular weight excluding hydrogens is 247 g/mol. The maximum absolute atomic E-state index is 12.9. The van der Waals surface area contributed by atoms with Crippen LogP contribution < -0.4 is 5.32 Å². The van der Waals surface area contributed by atoms with E-state index in [1.165, 1.54) is 6.07 Å². The Morgan fingerprint density at radius 3 is 3.00 bits per heavy atom. The molecule has 0 aliphatic heterocycles. The van der Waals surface area contributed by atoms with Gasteiger partial charge in [-0.25, -0.2) is 4.39 Å². The van der Waals surface area contributed by atoms with E-state index in [4.69, 9.17) is 0 Å². The molecule has 1 aromatic rings. The van der Waals surface area contributed by atoms with Crippen LogP contribution in [0.15, 0.2) is 18.5 Å². The van der Waals surface area contributed by atoms with Crippen LogP contribution in [0.4, 0.5) is 4.39 Å². The first kappa shape index (κ1) is 13.9. The molecule has 19 heavy (non-hydrogen) atoms. The van der Waals surface area contributed by atoms with E-state index in [2.05, 4.69) is 10.3 Å². The standard InChI is InChI=1S/C14H19FN2O2/c15-12-6-10(7-16-9-12)4-5-14(19)17-8-11-2-1-3-13(11)18/h6-7,9,11,13,18H,1-5,8H2,(H,17,19). The zero-order chi connectivity index (χ0) is 13.7. The van der Waals surface area contributed by atoms with Crippen molar-refractivity contribution in [1.29, 1.82) is 0 Å². The highest BCUT2D eigenvalue weighted by atomic mass is 19.1. The normalized spacial score (nSPS) is 22.4. The van der Waals surface area contributed by atoms with Gasteiger partial charge in [-0.1, -0.05) is 6.42 Å². The second-order valence-corrected chi connectivity index (χ2v) is 5.07. The maximum atomic E-state index is 12.9. The quantitative estimate of drug-likeness (QED) is 0.847. The van der Waals surface area contributed by atoms with Gasteiger partial charge in [0.1, 0.15) is 5.82 Å². The van der Waals surface area contributed by atoms with Crippen molar-refractivity contribution in [3.63, 3.8) is 0 Å². The number of nitrogens with one attached hydrogen (secondary N) is 1. The highest BCUT2D eigenvalue weighted by Crippen LogP contribution is 2.24. The minimum atomic E-state index is -0.382. The predicted molar refractivity (Wildman–Crippen MR) is 68.9 cm³/mol. The molecule has 1 saturated carbocycles. The number of aryl methyl sites for hydroxylation is 1. The number of rotatable bonds is 5. The monoisotopic (exact) mass is 266 g/mol. The minimum absolute atomic E-state index is 0.0663. The average molecular weight is 266 g/mol. The molecular formula is C14H19FN2O2. The number of aromatic nitrogens is 1. The van der Waals surface area contributed by atoms with Crippen LogP contribution in [0.5, 0.6) is 0 Å². The van der Waals surface area contributed by atoms with E-state index in [0.717, 1.165) is 31.0 Å². The first-order chi connectivity index (χ1) is 9.15. The number of carbonyl (C=O) groups is 1. The van der Waals surface area contributed by atoms with Gasteiger partial charge >= 0.3 is 0 Å². The van der Waals surface area contributed by atoms with Gasteiger partial charge in [-0.15, -0.1) is 0 Å². The van der Waals surface area contributed by atoms with Gasteiger partial charge in [0.2, 0.25) is 5.91 Å². The fraction of sp³-hybridized carbons (Fsp3) is 0.571. The number of hydrogen-bond acceptors (Lipinski definition) is 3. The van der Waals surface area contributed by atoms with E-state index in [1.807, 2.05) is 0 Å². The molecule has 1 fully saturated rings. The molecule has 0 radical (unpaired) electrons. The summed E-state index contributed by atoms with van der Waals surface area (Å²) in [6.45, 7) is 0.529. The molecule has 4 nitrogen and oxygen atoms in total. The van der Waals surface area contributed by atoms with E-state index in [1.54, 1.807) is 6.20 Å². The van der Waals surface area contributed by atoms with Crippen LogP contribution >= 0.6 is 0 Å². The topological polar surface area (TPSA) is 62.2 Å². The Morgan fingerprint density at radius 1 is 1.47 bits per heavy atom. The lowest BCUT2D eigenvalue weighted by Gasteiger charge is -2.14. The molecule has 0 bridgehead atoms. The highest BCUT2D eigenvalue weighted by molar-refractivity contribution is 5.76. The molecule has 1 amide bonds. The molecule has 2 atom stereocenters. The van der Waals surface area contributed by atoms with Crippen LogP contribution in [0, 0.1) is 11.7 Å². The molecule has 1 heterocycles. The zero-order valence-corrected chi connectivity index (χ0v) is 10.8. The highest BCUT2D eigenvalue weighted by Gasteiger charge is 2.25. The maximum Gasteiger partial charge on any atom is 0.220 e. The molecule has 2 rings (SSSR count).